The van der Waals surface area contributed by atoms with Crippen LogP contribution in [0.15, 0.2) is 18.2 Å². The Bertz CT molecular complexity index is 391. The molecule has 1 aromatic carbocycles. The summed E-state index contributed by atoms with van der Waals surface area (Å²) in [5.74, 6) is 0. The molecule has 2 rings (SSSR count). The van der Waals surface area contributed by atoms with E-state index < -0.39 is 6.10 Å². The summed E-state index contributed by atoms with van der Waals surface area (Å²) < 4.78 is 0. The Kier molecular flexibility index (Phi) is 4.87. The highest BCUT2D eigenvalue weighted by atomic mass is 35.5. The number of piperidine rings is 1. The molecule has 1 saturated heterocycles. The van der Waals surface area contributed by atoms with Gasteiger partial charge in [0.25, 0.3) is 0 Å². The standard InChI is InChI=1S/C14H21ClN2O/c1-16-10-14(18)12-9-11(15)5-6-13(12)17-7-3-2-4-8-17/h5-6,9,14,16,18H,2-4,7-8,10H2,1H3. The van der Waals surface area contributed by atoms with Crippen molar-refractivity contribution in [3.63, 3.8) is 0 Å². The summed E-state index contributed by atoms with van der Waals surface area (Å²) in [4.78, 5) is 2.36. The SMILES string of the molecule is CNCC(O)c1cc(Cl)ccc1N1CCCCC1. The zero-order valence-electron chi connectivity index (χ0n) is 10.8. The van der Waals surface area contributed by atoms with Crippen molar-refractivity contribution in [2.24, 2.45) is 0 Å². The molecule has 1 atom stereocenters. The minimum Gasteiger partial charge on any atom is -0.387 e. The first kappa shape index (κ1) is 13.7. The molecule has 1 unspecified atom stereocenters. The van der Waals surface area contributed by atoms with E-state index in [0.717, 1.165) is 24.3 Å². The van der Waals surface area contributed by atoms with Gasteiger partial charge in [0, 0.05) is 35.9 Å². The van der Waals surface area contributed by atoms with Gasteiger partial charge in [-0.1, -0.05) is 11.6 Å². The summed E-state index contributed by atoms with van der Waals surface area (Å²) in [6.45, 7) is 2.68. The van der Waals surface area contributed by atoms with E-state index >= 15 is 0 Å². The first-order chi connectivity index (χ1) is 8.72. The Balaban J connectivity index is 2.27. The lowest BCUT2D eigenvalue weighted by Crippen LogP contribution is -2.31. The van der Waals surface area contributed by atoms with Gasteiger partial charge in [-0.3, -0.25) is 0 Å². The van der Waals surface area contributed by atoms with Gasteiger partial charge in [-0.25, -0.2) is 0 Å². The maximum Gasteiger partial charge on any atom is 0.0934 e. The zero-order valence-corrected chi connectivity index (χ0v) is 11.6. The van der Waals surface area contributed by atoms with Crippen molar-refractivity contribution in [3.05, 3.63) is 28.8 Å². The molecule has 1 fully saturated rings. The Morgan fingerprint density at radius 1 is 1.33 bits per heavy atom. The molecule has 4 heteroatoms. The highest BCUT2D eigenvalue weighted by Gasteiger charge is 2.18. The molecule has 0 bridgehead atoms. The van der Waals surface area contributed by atoms with Crippen molar-refractivity contribution in [2.45, 2.75) is 25.4 Å². The zero-order chi connectivity index (χ0) is 13.0. The Morgan fingerprint density at radius 3 is 2.72 bits per heavy atom. The van der Waals surface area contributed by atoms with Crippen LogP contribution < -0.4 is 10.2 Å². The quantitative estimate of drug-likeness (QED) is 0.881. The summed E-state index contributed by atoms with van der Waals surface area (Å²) >= 11 is 6.05. The molecule has 0 spiro atoms. The minimum atomic E-state index is -0.509. The van der Waals surface area contributed by atoms with Gasteiger partial charge in [0.15, 0.2) is 0 Å². The van der Waals surface area contributed by atoms with Gasteiger partial charge in [-0.05, 0) is 44.5 Å². The number of halogens is 1. The number of nitrogens with one attached hydrogen (secondary N) is 1. The van der Waals surface area contributed by atoms with Gasteiger partial charge in [0.1, 0.15) is 0 Å². The third-order valence-corrected chi connectivity index (χ3v) is 3.68. The van der Waals surface area contributed by atoms with Crippen LogP contribution in [0, 0.1) is 0 Å². The van der Waals surface area contributed by atoms with E-state index in [2.05, 4.69) is 10.2 Å². The smallest absolute Gasteiger partial charge is 0.0934 e. The lowest BCUT2D eigenvalue weighted by molar-refractivity contribution is 0.178. The van der Waals surface area contributed by atoms with Crippen molar-refractivity contribution in [3.8, 4) is 0 Å². The molecule has 3 nitrogen and oxygen atoms in total. The van der Waals surface area contributed by atoms with Gasteiger partial charge in [0.2, 0.25) is 0 Å². The Morgan fingerprint density at radius 2 is 2.06 bits per heavy atom. The van der Waals surface area contributed by atoms with E-state index in [4.69, 9.17) is 11.6 Å². The molecule has 0 radical (unpaired) electrons. The largest absolute Gasteiger partial charge is 0.387 e. The van der Waals surface area contributed by atoms with E-state index in [1.807, 2.05) is 25.2 Å². The number of hydrogen-bond acceptors (Lipinski definition) is 3. The fourth-order valence-electron chi connectivity index (χ4n) is 2.52. The highest BCUT2D eigenvalue weighted by molar-refractivity contribution is 6.30. The maximum atomic E-state index is 10.2. The molecule has 0 aromatic heterocycles. The van der Waals surface area contributed by atoms with Crippen LogP contribution >= 0.6 is 11.6 Å². The molecule has 18 heavy (non-hydrogen) atoms. The van der Waals surface area contributed by atoms with Gasteiger partial charge in [0.05, 0.1) is 6.10 Å². The van der Waals surface area contributed by atoms with Crippen molar-refractivity contribution >= 4 is 17.3 Å². The second-order valence-electron chi connectivity index (χ2n) is 4.82. The van der Waals surface area contributed by atoms with Crippen LogP contribution in [0.5, 0.6) is 0 Å². The lowest BCUT2D eigenvalue weighted by atomic mass is 10.0. The number of anilines is 1. The number of hydrogen-bond donors (Lipinski definition) is 2. The number of likely N-dealkylation sites (N-methyl/N-ethyl adjacent to an activating group) is 1. The van der Waals surface area contributed by atoms with Crippen molar-refractivity contribution in [1.29, 1.82) is 0 Å². The summed E-state index contributed by atoms with van der Waals surface area (Å²) in [7, 11) is 1.84. The molecule has 0 aliphatic carbocycles. The fraction of sp³-hybridized carbons (Fsp3) is 0.571. The van der Waals surface area contributed by atoms with Crippen LogP contribution in [0.3, 0.4) is 0 Å². The summed E-state index contributed by atoms with van der Waals surface area (Å²) in [6.07, 6.45) is 3.25. The average Bonchev–Trinajstić information content (AvgIpc) is 2.40. The third kappa shape index (κ3) is 3.16. The topological polar surface area (TPSA) is 35.5 Å². The number of nitrogens with zero attached hydrogens (tertiary/aromatic N) is 1. The van der Waals surface area contributed by atoms with Crippen LogP contribution in [0.2, 0.25) is 5.02 Å². The molecule has 1 heterocycles. The van der Waals surface area contributed by atoms with Crippen molar-refractivity contribution in [2.75, 3.05) is 31.6 Å². The molecule has 0 saturated carbocycles. The van der Waals surface area contributed by atoms with E-state index in [9.17, 15) is 5.11 Å². The molecule has 100 valence electrons. The Hall–Kier alpha value is -0.770. The van der Waals surface area contributed by atoms with Crippen LogP contribution in [0.1, 0.15) is 30.9 Å². The second kappa shape index (κ2) is 6.41. The normalized spacial score (nSPS) is 17.8. The number of rotatable bonds is 4. The number of aliphatic hydroxyl groups is 1. The van der Waals surface area contributed by atoms with Crippen molar-refractivity contribution in [1.82, 2.24) is 5.32 Å². The van der Waals surface area contributed by atoms with E-state index in [0.29, 0.717) is 11.6 Å². The molecular weight excluding hydrogens is 248 g/mol. The molecule has 1 aromatic rings. The average molecular weight is 269 g/mol. The highest BCUT2D eigenvalue weighted by Crippen LogP contribution is 2.31. The number of benzene rings is 1. The van der Waals surface area contributed by atoms with Gasteiger partial charge in [-0.15, -0.1) is 0 Å². The predicted molar refractivity (Wildman–Crippen MR) is 76.4 cm³/mol. The van der Waals surface area contributed by atoms with Crippen molar-refractivity contribution < 1.29 is 5.11 Å². The Labute approximate surface area is 114 Å². The van der Waals surface area contributed by atoms with Crippen LogP contribution in [-0.2, 0) is 0 Å². The van der Waals surface area contributed by atoms with Crippen LogP contribution in [0.4, 0.5) is 5.69 Å². The summed E-state index contributed by atoms with van der Waals surface area (Å²) in [6, 6.07) is 5.82. The van der Waals surface area contributed by atoms with E-state index in [1.165, 1.54) is 19.3 Å². The van der Waals surface area contributed by atoms with E-state index in [1.54, 1.807) is 0 Å². The predicted octanol–water partition coefficient (Wildman–Crippen LogP) is 2.58. The summed E-state index contributed by atoms with van der Waals surface area (Å²) in [5.41, 5.74) is 2.06. The van der Waals surface area contributed by atoms with Crippen LogP contribution in [0.25, 0.3) is 0 Å². The summed E-state index contributed by atoms with van der Waals surface area (Å²) in [5, 5.41) is 13.9. The molecule has 1 aliphatic rings. The molecule has 0 amide bonds. The van der Waals surface area contributed by atoms with Gasteiger partial charge in [-0.2, -0.15) is 0 Å². The third-order valence-electron chi connectivity index (χ3n) is 3.44. The second-order valence-corrected chi connectivity index (χ2v) is 5.26. The van der Waals surface area contributed by atoms with Gasteiger partial charge < -0.3 is 15.3 Å². The molecule has 2 N–H and O–H groups in total. The fourth-order valence-corrected chi connectivity index (χ4v) is 2.70. The lowest BCUT2D eigenvalue weighted by Gasteiger charge is -2.31. The maximum absolute atomic E-state index is 10.2. The van der Waals surface area contributed by atoms with Gasteiger partial charge >= 0.3 is 0 Å². The van der Waals surface area contributed by atoms with Crippen LogP contribution in [-0.4, -0.2) is 31.8 Å². The minimum absolute atomic E-state index is 0.509. The first-order valence-corrected chi connectivity index (χ1v) is 6.97. The molecular formula is C14H21ClN2O. The van der Waals surface area contributed by atoms with E-state index in [-0.39, 0.29) is 0 Å². The molecule has 1 aliphatic heterocycles. The number of aliphatic hydroxyl groups excluding tert-OH is 1. The monoisotopic (exact) mass is 268 g/mol. The first-order valence-electron chi connectivity index (χ1n) is 6.59.